The van der Waals surface area contributed by atoms with Crippen molar-refractivity contribution in [3.8, 4) is 0 Å². The number of aromatic nitrogens is 2. The minimum Gasteiger partial charge on any atom is -0.354 e. The van der Waals surface area contributed by atoms with E-state index >= 15 is 0 Å². The summed E-state index contributed by atoms with van der Waals surface area (Å²) in [7, 11) is 0. The lowest BCUT2D eigenvalue weighted by Crippen LogP contribution is -2.34. The fourth-order valence-corrected chi connectivity index (χ4v) is 2.83. The third-order valence-electron chi connectivity index (χ3n) is 3.86. The molecular weight excluding hydrogens is 270 g/mol. The number of nitrogens with zero attached hydrogens (tertiary/aromatic N) is 4. The first-order valence-electron chi connectivity index (χ1n) is 7.69. The topological polar surface area (TPSA) is 84.2 Å². The molecule has 0 unspecified atom stereocenters. The molecule has 1 N–H and O–H groups in total. The maximum Gasteiger partial charge on any atom is 0.329 e. The van der Waals surface area contributed by atoms with Crippen LogP contribution >= 0.6 is 0 Å². The molecule has 0 saturated heterocycles. The van der Waals surface area contributed by atoms with Gasteiger partial charge in [-0.2, -0.15) is 4.98 Å². The van der Waals surface area contributed by atoms with Crippen LogP contribution in [-0.4, -0.2) is 34.0 Å². The van der Waals surface area contributed by atoms with Gasteiger partial charge in [-0.05, 0) is 26.2 Å². The van der Waals surface area contributed by atoms with Crippen LogP contribution in [0.2, 0.25) is 0 Å². The largest absolute Gasteiger partial charge is 0.354 e. The van der Waals surface area contributed by atoms with Gasteiger partial charge in [0.1, 0.15) is 6.20 Å². The van der Waals surface area contributed by atoms with Crippen molar-refractivity contribution in [2.75, 3.05) is 23.3 Å². The second-order valence-electron chi connectivity index (χ2n) is 5.31. The molecule has 7 nitrogen and oxygen atoms in total. The summed E-state index contributed by atoms with van der Waals surface area (Å²) in [4.78, 5) is 21.4. The maximum absolute atomic E-state index is 11.3. The Morgan fingerprint density at radius 2 is 2.14 bits per heavy atom. The Kier molecular flexibility index (Phi) is 5.30. The van der Waals surface area contributed by atoms with Gasteiger partial charge in [0.15, 0.2) is 0 Å². The Morgan fingerprint density at radius 1 is 1.43 bits per heavy atom. The lowest BCUT2D eigenvalue weighted by molar-refractivity contribution is -0.384. The Labute approximate surface area is 124 Å². The van der Waals surface area contributed by atoms with E-state index in [1.807, 2.05) is 6.92 Å². The molecule has 0 spiro atoms. The Hall–Kier alpha value is -1.92. The monoisotopic (exact) mass is 293 g/mol. The molecule has 1 saturated carbocycles. The van der Waals surface area contributed by atoms with E-state index in [1.165, 1.54) is 19.0 Å². The molecule has 7 heteroatoms. The molecule has 0 aliphatic heterocycles. The quantitative estimate of drug-likeness (QED) is 0.614. The van der Waals surface area contributed by atoms with Crippen LogP contribution in [0.15, 0.2) is 6.20 Å². The molecule has 1 aromatic rings. The summed E-state index contributed by atoms with van der Waals surface area (Å²) < 4.78 is 0. The molecule has 0 amide bonds. The second kappa shape index (κ2) is 7.19. The molecular formula is C14H23N5O2. The van der Waals surface area contributed by atoms with Crippen molar-refractivity contribution in [1.29, 1.82) is 0 Å². The fourth-order valence-electron chi connectivity index (χ4n) is 2.83. The highest BCUT2D eigenvalue weighted by molar-refractivity contribution is 5.59. The molecule has 0 radical (unpaired) electrons. The van der Waals surface area contributed by atoms with Gasteiger partial charge in [0, 0.05) is 19.1 Å². The van der Waals surface area contributed by atoms with Gasteiger partial charge in [0.25, 0.3) is 0 Å². The van der Waals surface area contributed by atoms with Gasteiger partial charge in [-0.3, -0.25) is 10.1 Å². The average molecular weight is 293 g/mol. The van der Waals surface area contributed by atoms with E-state index in [-0.39, 0.29) is 5.69 Å². The minimum atomic E-state index is -0.392. The Morgan fingerprint density at radius 3 is 2.71 bits per heavy atom. The molecule has 1 aromatic heterocycles. The van der Waals surface area contributed by atoms with Gasteiger partial charge in [-0.1, -0.05) is 19.8 Å². The molecule has 2 rings (SSSR count). The van der Waals surface area contributed by atoms with Crippen molar-refractivity contribution in [3.63, 3.8) is 0 Å². The predicted octanol–water partition coefficient (Wildman–Crippen LogP) is 2.98. The summed E-state index contributed by atoms with van der Waals surface area (Å²) in [6, 6.07) is 0.350. The van der Waals surface area contributed by atoms with Gasteiger partial charge >= 0.3 is 5.69 Å². The van der Waals surface area contributed by atoms with Crippen molar-refractivity contribution in [2.24, 2.45) is 0 Å². The Balaban J connectivity index is 2.33. The summed E-state index contributed by atoms with van der Waals surface area (Å²) in [5, 5.41) is 14.4. The van der Waals surface area contributed by atoms with Crippen molar-refractivity contribution in [2.45, 2.75) is 52.0 Å². The van der Waals surface area contributed by atoms with E-state index in [9.17, 15) is 10.1 Å². The van der Waals surface area contributed by atoms with Crippen LogP contribution in [0.3, 0.4) is 0 Å². The highest BCUT2D eigenvalue weighted by Crippen LogP contribution is 2.32. The van der Waals surface area contributed by atoms with Crippen molar-refractivity contribution in [1.82, 2.24) is 9.97 Å². The van der Waals surface area contributed by atoms with Crippen LogP contribution in [0, 0.1) is 10.1 Å². The van der Waals surface area contributed by atoms with E-state index < -0.39 is 4.92 Å². The van der Waals surface area contributed by atoms with Crippen LogP contribution in [-0.2, 0) is 0 Å². The normalized spacial score (nSPS) is 15.1. The van der Waals surface area contributed by atoms with Crippen LogP contribution in [0.5, 0.6) is 0 Å². The second-order valence-corrected chi connectivity index (χ2v) is 5.31. The highest BCUT2D eigenvalue weighted by atomic mass is 16.6. The predicted molar refractivity (Wildman–Crippen MR) is 82.7 cm³/mol. The third kappa shape index (κ3) is 3.59. The van der Waals surface area contributed by atoms with Crippen LogP contribution < -0.4 is 10.2 Å². The van der Waals surface area contributed by atoms with Gasteiger partial charge in [-0.15, -0.1) is 0 Å². The van der Waals surface area contributed by atoms with Crippen LogP contribution in [0.1, 0.15) is 46.0 Å². The smallest absolute Gasteiger partial charge is 0.329 e. The summed E-state index contributed by atoms with van der Waals surface area (Å²) >= 11 is 0. The van der Waals surface area contributed by atoms with Gasteiger partial charge in [-0.25, -0.2) is 4.98 Å². The van der Waals surface area contributed by atoms with E-state index in [0.29, 0.717) is 17.8 Å². The zero-order chi connectivity index (χ0) is 15.2. The molecule has 0 aromatic carbocycles. The van der Waals surface area contributed by atoms with Gasteiger partial charge < -0.3 is 10.2 Å². The number of hydrogen-bond acceptors (Lipinski definition) is 6. The zero-order valence-electron chi connectivity index (χ0n) is 12.7. The molecule has 0 bridgehead atoms. The molecule has 1 heterocycles. The number of nitro groups is 1. The zero-order valence-corrected chi connectivity index (χ0v) is 12.7. The number of nitrogens with one attached hydrogen (secondary N) is 1. The van der Waals surface area contributed by atoms with E-state index in [0.717, 1.165) is 32.4 Å². The molecule has 21 heavy (non-hydrogen) atoms. The summed E-state index contributed by atoms with van der Waals surface area (Å²) in [6.45, 7) is 5.54. The first-order chi connectivity index (χ1) is 10.2. The Bertz CT molecular complexity index is 488. The standard InChI is InChI=1S/C14H23N5O2/c1-3-9-15-14-16-10-12(19(20)21)13(17-14)18(4-2)11-7-5-6-8-11/h10-11H,3-9H2,1-2H3,(H,15,16,17). The lowest BCUT2D eigenvalue weighted by atomic mass is 10.2. The number of anilines is 2. The summed E-state index contributed by atoms with van der Waals surface area (Å²) in [5.74, 6) is 0.914. The molecule has 116 valence electrons. The summed E-state index contributed by atoms with van der Waals surface area (Å²) in [5.41, 5.74) is -0.00852. The van der Waals surface area contributed by atoms with Crippen molar-refractivity contribution in [3.05, 3.63) is 16.3 Å². The lowest BCUT2D eigenvalue weighted by Gasteiger charge is -2.28. The highest BCUT2D eigenvalue weighted by Gasteiger charge is 2.29. The molecule has 1 aliphatic rings. The van der Waals surface area contributed by atoms with E-state index in [2.05, 4.69) is 27.1 Å². The molecule has 1 fully saturated rings. The first kappa shape index (κ1) is 15.5. The van der Waals surface area contributed by atoms with Gasteiger partial charge in [0.2, 0.25) is 11.8 Å². The maximum atomic E-state index is 11.3. The van der Waals surface area contributed by atoms with Crippen LogP contribution in [0.4, 0.5) is 17.5 Å². The SMILES string of the molecule is CCCNc1ncc([N+](=O)[O-])c(N(CC)C2CCCC2)n1. The average Bonchev–Trinajstić information content (AvgIpc) is 3.00. The van der Waals surface area contributed by atoms with Crippen molar-refractivity contribution >= 4 is 17.5 Å². The van der Waals surface area contributed by atoms with Crippen LogP contribution in [0.25, 0.3) is 0 Å². The van der Waals surface area contributed by atoms with E-state index in [1.54, 1.807) is 0 Å². The third-order valence-corrected chi connectivity index (χ3v) is 3.86. The van der Waals surface area contributed by atoms with E-state index in [4.69, 9.17) is 0 Å². The first-order valence-corrected chi connectivity index (χ1v) is 7.69. The fraction of sp³-hybridized carbons (Fsp3) is 0.714. The minimum absolute atomic E-state index is 0.00852. The number of rotatable bonds is 7. The molecule has 1 aliphatic carbocycles. The van der Waals surface area contributed by atoms with Crippen molar-refractivity contribution < 1.29 is 4.92 Å². The summed E-state index contributed by atoms with van der Waals surface area (Å²) in [6.07, 6.45) is 6.79. The van der Waals surface area contributed by atoms with Gasteiger partial charge in [0.05, 0.1) is 4.92 Å². The molecule has 0 atom stereocenters. The number of hydrogen-bond donors (Lipinski definition) is 1.